The van der Waals surface area contributed by atoms with Crippen molar-refractivity contribution in [1.29, 1.82) is 0 Å². The fourth-order valence-electron chi connectivity index (χ4n) is 1.33. The van der Waals surface area contributed by atoms with Crippen molar-refractivity contribution in [2.45, 2.75) is 5.51 Å². The zero-order chi connectivity index (χ0) is 19.0. The molecule has 0 fully saturated rings. The molecule has 0 aliphatic carbocycles. The Bertz CT molecular complexity index is 793. The van der Waals surface area contributed by atoms with Gasteiger partial charge in [0.15, 0.2) is 5.75 Å². The Hall–Kier alpha value is -2.19. The Morgan fingerprint density at radius 3 is 2.25 bits per heavy atom. The fraction of sp³-hybridized carbons (Fsp3) is 0.231. The molecule has 0 aromatic carbocycles. The summed E-state index contributed by atoms with van der Waals surface area (Å²) in [7, 11) is -4.47. The molecule has 0 saturated carbocycles. The van der Waals surface area contributed by atoms with Gasteiger partial charge in [-0.25, -0.2) is 4.98 Å². The molecule has 2 rings (SSSR count). The van der Waals surface area contributed by atoms with Crippen LogP contribution in [0, 0.1) is 12.8 Å². The Morgan fingerprint density at radius 1 is 1.17 bits per heavy atom. The maximum absolute atomic E-state index is 12.3. The summed E-state index contributed by atoms with van der Waals surface area (Å²) in [4.78, 5) is 7.65. The van der Waals surface area contributed by atoms with Gasteiger partial charge in [0.25, 0.3) is 0 Å². The van der Waals surface area contributed by atoms with E-state index in [4.69, 9.17) is 4.74 Å². The zero-order valence-electron chi connectivity index (χ0n) is 12.5. The average molecular weight is 382 g/mol. The molecule has 0 spiro atoms. The van der Waals surface area contributed by atoms with Crippen LogP contribution >= 0.6 is 12.6 Å². The van der Waals surface area contributed by atoms with Crippen LogP contribution in [0.25, 0.3) is 11.0 Å². The van der Waals surface area contributed by atoms with Crippen LogP contribution in [-0.4, -0.2) is 37.3 Å². The first-order valence-corrected chi connectivity index (χ1v) is 8.13. The molecule has 2 aromatic heterocycles. The molecule has 2 heterocycles. The van der Waals surface area contributed by atoms with Crippen molar-refractivity contribution in [3.05, 3.63) is 24.4 Å². The number of methoxy groups -OCH3 is 1. The molecule has 11 heteroatoms. The number of rotatable bonds is 3. The molecule has 132 valence electrons. The molecule has 0 N–H and O–H groups in total. The Labute approximate surface area is 142 Å². The first-order valence-electron chi connectivity index (χ1n) is 5.83. The van der Waals surface area contributed by atoms with Crippen LogP contribution in [0.1, 0.15) is 0 Å². The smallest absolute Gasteiger partial charge is 0.481 e. The van der Waals surface area contributed by atoms with Gasteiger partial charge in [0.05, 0.1) is 12.6 Å². The Morgan fingerprint density at radius 2 is 1.75 bits per heavy atom. The minimum absolute atomic E-state index is 0.0831. The molecular formula is C13H13F3N2O4S2. The number of hydrogen-bond acceptors (Lipinski definition) is 7. The first-order chi connectivity index (χ1) is 11.2. The van der Waals surface area contributed by atoms with Crippen molar-refractivity contribution in [3.8, 4) is 24.5 Å². The van der Waals surface area contributed by atoms with E-state index in [1.54, 1.807) is 6.26 Å². The minimum atomic E-state index is -5.77. The summed E-state index contributed by atoms with van der Waals surface area (Å²) < 4.78 is 67.7. The standard InChI is InChI=1S/C10H7F3N2O4S.C2H2.CH4S/c1-18-8-3-2-6-9(15-8)7(4-5-14-6)19-20(16,17)10(11,12)13;2*1-2/h2-5H,1H3;1-2H;2H,1H3. The Kier molecular flexibility index (Phi) is 8.35. The number of nitrogens with zero attached hydrogens (tertiary/aromatic N) is 2. The van der Waals surface area contributed by atoms with Crippen molar-refractivity contribution in [3.63, 3.8) is 0 Å². The number of thiol groups is 1. The van der Waals surface area contributed by atoms with Gasteiger partial charge in [-0.1, -0.05) is 0 Å². The largest absolute Gasteiger partial charge is 0.534 e. The van der Waals surface area contributed by atoms with E-state index in [1.807, 2.05) is 0 Å². The molecule has 2 aromatic rings. The van der Waals surface area contributed by atoms with Crippen molar-refractivity contribution in [1.82, 2.24) is 9.97 Å². The monoisotopic (exact) mass is 382 g/mol. The Balaban J connectivity index is 0.00000123. The third-order valence-electron chi connectivity index (χ3n) is 2.21. The van der Waals surface area contributed by atoms with Crippen molar-refractivity contribution < 1.29 is 30.5 Å². The lowest BCUT2D eigenvalue weighted by Crippen LogP contribution is -2.28. The third-order valence-corrected chi connectivity index (χ3v) is 3.18. The van der Waals surface area contributed by atoms with E-state index in [9.17, 15) is 21.6 Å². The number of aromatic nitrogens is 2. The lowest BCUT2D eigenvalue weighted by Gasteiger charge is -2.10. The molecule has 0 aliphatic heterocycles. The lowest BCUT2D eigenvalue weighted by molar-refractivity contribution is -0.0499. The molecular weight excluding hydrogens is 369 g/mol. The maximum Gasteiger partial charge on any atom is 0.534 e. The highest BCUT2D eigenvalue weighted by Gasteiger charge is 2.48. The van der Waals surface area contributed by atoms with E-state index >= 15 is 0 Å². The molecule has 0 aliphatic rings. The van der Waals surface area contributed by atoms with Gasteiger partial charge in [0, 0.05) is 18.3 Å². The zero-order valence-corrected chi connectivity index (χ0v) is 14.2. The van der Waals surface area contributed by atoms with Gasteiger partial charge in [-0.2, -0.15) is 34.2 Å². The predicted octanol–water partition coefficient (Wildman–Crippen LogP) is 2.66. The summed E-state index contributed by atoms with van der Waals surface area (Å²) in [5.41, 5.74) is -5.51. The summed E-state index contributed by atoms with van der Waals surface area (Å²) in [6.07, 6.45) is 10.8. The topological polar surface area (TPSA) is 78.4 Å². The van der Waals surface area contributed by atoms with Gasteiger partial charge in [0.2, 0.25) is 5.88 Å². The molecule has 6 nitrogen and oxygen atoms in total. The normalized spacial score (nSPS) is 10.7. The van der Waals surface area contributed by atoms with Crippen LogP contribution in [-0.2, 0) is 10.1 Å². The van der Waals surface area contributed by atoms with Crippen molar-refractivity contribution in [2.75, 3.05) is 13.4 Å². The lowest BCUT2D eigenvalue weighted by atomic mass is 10.3. The number of fused-ring (bicyclic) bond motifs is 1. The van der Waals surface area contributed by atoms with Crippen LogP contribution in [0.15, 0.2) is 24.4 Å². The van der Waals surface area contributed by atoms with Crippen LogP contribution < -0.4 is 8.92 Å². The second kappa shape index (κ2) is 9.19. The summed E-state index contributed by atoms with van der Waals surface area (Å²) in [5.74, 6) is -0.494. The highest BCUT2D eigenvalue weighted by atomic mass is 32.2. The van der Waals surface area contributed by atoms with Gasteiger partial charge >= 0.3 is 15.6 Å². The summed E-state index contributed by atoms with van der Waals surface area (Å²) in [5, 5.41) is 0. The maximum atomic E-state index is 12.3. The minimum Gasteiger partial charge on any atom is -0.481 e. The summed E-state index contributed by atoms with van der Waals surface area (Å²) >= 11 is 3.53. The van der Waals surface area contributed by atoms with Crippen LogP contribution in [0.2, 0.25) is 0 Å². The quantitative estimate of drug-likeness (QED) is 0.381. The van der Waals surface area contributed by atoms with E-state index in [0.717, 1.165) is 12.3 Å². The van der Waals surface area contributed by atoms with Crippen molar-refractivity contribution in [2.24, 2.45) is 0 Å². The van der Waals surface area contributed by atoms with Crippen LogP contribution in [0.5, 0.6) is 11.6 Å². The molecule has 24 heavy (non-hydrogen) atoms. The van der Waals surface area contributed by atoms with E-state index in [1.165, 1.54) is 19.2 Å². The van der Waals surface area contributed by atoms with Gasteiger partial charge in [0.1, 0.15) is 5.52 Å². The van der Waals surface area contributed by atoms with Crippen LogP contribution in [0.4, 0.5) is 13.2 Å². The van der Waals surface area contributed by atoms with Gasteiger partial charge in [-0.05, 0) is 12.3 Å². The molecule has 0 unspecified atom stereocenters. The first kappa shape index (κ1) is 21.8. The molecule has 0 saturated heterocycles. The van der Waals surface area contributed by atoms with Gasteiger partial charge in [-0.3, -0.25) is 4.98 Å². The van der Waals surface area contributed by atoms with Gasteiger partial charge in [-0.15, -0.1) is 12.8 Å². The fourth-order valence-corrected chi connectivity index (χ4v) is 1.80. The number of pyridine rings is 2. The number of terminal acetylenes is 1. The van der Waals surface area contributed by atoms with Gasteiger partial charge < -0.3 is 8.92 Å². The highest BCUT2D eigenvalue weighted by molar-refractivity contribution is 7.88. The van der Waals surface area contributed by atoms with E-state index in [2.05, 4.69) is 39.6 Å². The number of hydrogen-bond donors (Lipinski definition) is 1. The summed E-state index contributed by atoms with van der Waals surface area (Å²) in [6, 6.07) is 3.81. The number of alkyl halides is 3. The van der Waals surface area contributed by atoms with E-state index in [0.29, 0.717) is 0 Å². The van der Waals surface area contributed by atoms with Crippen molar-refractivity contribution >= 4 is 33.8 Å². The average Bonchev–Trinajstić information content (AvgIpc) is 2.57. The van der Waals surface area contributed by atoms with Crippen LogP contribution in [0.3, 0.4) is 0 Å². The second-order valence-electron chi connectivity index (χ2n) is 3.51. The molecule has 0 amide bonds. The third kappa shape index (κ3) is 5.17. The van der Waals surface area contributed by atoms with E-state index < -0.39 is 21.4 Å². The molecule has 0 radical (unpaired) electrons. The summed E-state index contributed by atoms with van der Waals surface area (Å²) in [6.45, 7) is 0. The SMILES string of the molecule is C#C.COc1ccc2nccc(OS(=O)(=O)C(F)(F)F)c2n1.CS. The molecule has 0 atom stereocenters. The molecule has 0 bridgehead atoms. The second-order valence-corrected chi connectivity index (χ2v) is 5.05. The number of ether oxygens (including phenoxy) is 1. The predicted molar refractivity (Wildman–Crippen MR) is 86.5 cm³/mol. The highest BCUT2D eigenvalue weighted by Crippen LogP contribution is 2.30. The van der Waals surface area contributed by atoms with E-state index in [-0.39, 0.29) is 16.9 Å². The number of halogens is 3.